The van der Waals surface area contributed by atoms with Gasteiger partial charge in [0.2, 0.25) is 5.91 Å². The summed E-state index contributed by atoms with van der Waals surface area (Å²) in [5.74, 6) is 1.29. The summed E-state index contributed by atoms with van der Waals surface area (Å²) in [6.45, 7) is 7.96. The number of thioether (sulfide) groups is 1. The van der Waals surface area contributed by atoms with E-state index in [-0.39, 0.29) is 16.4 Å². The molecule has 6 aromatic rings. The van der Waals surface area contributed by atoms with Crippen molar-refractivity contribution in [3.8, 4) is 17.2 Å². The smallest absolute Gasteiger partial charge is 0.414 e. The number of carbonyl (C=O) groups is 6. The number of cyclic esters (lactones) is 2. The van der Waals surface area contributed by atoms with Gasteiger partial charge in [-0.3, -0.25) is 50.1 Å². The highest BCUT2D eigenvalue weighted by Crippen LogP contribution is 2.24. The number of nitrogens with zero attached hydrogens (tertiary/aromatic N) is 3. The summed E-state index contributed by atoms with van der Waals surface area (Å²) >= 11 is 1.05. The number of amides is 6. The molecule has 0 bridgehead atoms. The van der Waals surface area contributed by atoms with Crippen molar-refractivity contribution in [1.82, 2.24) is 30.9 Å². The first-order valence-electron chi connectivity index (χ1n) is 24.9. The Morgan fingerprint density at radius 1 is 0.480 bits per heavy atom. The number of benzene rings is 3. The summed E-state index contributed by atoms with van der Waals surface area (Å²) in [5.41, 5.74) is 9.45. The average Bonchev–Trinajstić information content (AvgIpc) is 4.05. The molecule has 3 aromatic carbocycles. The van der Waals surface area contributed by atoms with E-state index in [2.05, 4.69) is 63.8 Å². The Bertz CT molecular complexity index is 2750. The van der Waals surface area contributed by atoms with Crippen LogP contribution in [0.25, 0.3) is 0 Å². The van der Waals surface area contributed by atoms with Gasteiger partial charge in [0.1, 0.15) is 17.2 Å². The number of imide groups is 3. The lowest BCUT2D eigenvalue weighted by atomic mass is 10.1. The minimum Gasteiger partial charge on any atom is -0.493 e. The number of hydrogen-bond donors (Lipinski definition) is 3. The molecule has 3 N–H and O–H groups in total. The van der Waals surface area contributed by atoms with Crippen LogP contribution in [0.1, 0.15) is 71.4 Å². The van der Waals surface area contributed by atoms with Gasteiger partial charge in [-0.2, -0.15) is 0 Å². The Balaban J connectivity index is 0.000000164. The number of ether oxygens (including phenoxy) is 5. The van der Waals surface area contributed by atoms with Gasteiger partial charge in [-0.15, -0.1) is 0 Å². The van der Waals surface area contributed by atoms with Crippen molar-refractivity contribution < 1.29 is 52.5 Å². The van der Waals surface area contributed by atoms with E-state index in [4.69, 9.17) is 23.7 Å². The third kappa shape index (κ3) is 17.5. The maximum absolute atomic E-state index is 11.6. The van der Waals surface area contributed by atoms with Crippen LogP contribution in [0.3, 0.4) is 0 Å². The van der Waals surface area contributed by atoms with Crippen LogP contribution in [0, 0.1) is 0 Å². The fourth-order valence-corrected chi connectivity index (χ4v) is 8.63. The van der Waals surface area contributed by atoms with E-state index in [0.717, 1.165) is 107 Å². The van der Waals surface area contributed by atoms with Crippen molar-refractivity contribution in [2.45, 2.75) is 96.0 Å². The molecule has 3 aliphatic heterocycles. The predicted octanol–water partition coefficient (Wildman–Crippen LogP) is 8.05. The molecule has 0 radical (unpaired) electrons. The van der Waals surface area contributed by atoms with Crippen molar-refractivity contribution in [2.24, 2.45) is 0 Å². The largest absolute Gasteiger partial charge is 0.493 e. The third-order valence-corrected chi connectivity index (χ3v) is 13.0. The molecule has 3 atom stereocenters. The first-order valence-corrected chi connectivity index (χ1v) is 25.8. The van der Waals surface area contributed by atoms with Crippen LogP contribution in [-0.2, 0) is 81.6 Å². The molecule has 18 heteroatoms. The maximum atomic E-state index is 11.6. The van der Waals surface area contributed by atoms with E-state index >= 15 is 0 Å². The molecule has 0 aliphatic carbocycles. The van der Waals surface area contributed by atoms with Gasteiger partial charge >= 0.3 is 12.2 Å². The number of aromatic nitrogens is 3. The Labute approximate surface area is 439 Å². The number of nitrogens with one attached hydrogen (secondary N) is 3. The summed E-state index contributed by atoms with van der Waals surface area (Å²) in [6, 6.07) is 36.8. The van der Waals surface area contributed by atoms with Crippen molar-refractivity contribution in [3.63, 3.8) is 0 Å². The van der Waals surface area contributed by atoms with Gasteiger partial charge in [-0.1, -0.05) is 81.1 Å². The first-order chi connectivity index (χ1) is 36.4. The van der Waals surface area contributed by atoms with Gasteiger partial charge in [0.05, 0.1) is 25.1 Å². The predicted molar refractivity (Wildman–Crippen MR) is 281 cm³/mol. The molecule has 3 unspecified atom stereocenters. The molecule has 75 heavy (non-hydrogen) atoms. The zero-order valence-electron chi connectivity index (χ0n) is 42.1. The lowest BCUT2D eigenvalue weighted by Gasteiger charge is -2.09. The van der Waals surface area contributed by atoms with Crippen LogP contribution in [-0.4, -0.2) is 87.4 Å². The van der Waals surface area contributed by atoms with Gasteiger partial charge in [0, 0.05) is 67.3 Å². The van der Waals surface area contributed by atoms with Crippen molar-refractivity contribution in [3.05, 3.63) is 178 Å². The van der Waals surface area contributed by atoms with Crippen LogP contribution < -0.4 is 30.2 Å². The number of carbonyl (C=O) groups excluding carboxylic acids is 6. The highest BCUT2D eigenvalue weighted by atomic mass is 32.2. The summed E-state index contributed by atoms with van der Waals surface area (Å²) in [4.78, 5) is 81.1. The number of pyridine rings is 3. The van der Waals surface area contributed by atoms with Gasteiger partial charge in [0.15, 0.2) is 12.2 Å². The summed E-state index contributed by atoms with van der Waals surface area (Å²) in [6.07, 6.45) is 7.25. The first kappa shape index (κ1) is 54.6. The standard InChI is InChI=1S/2C19H20N2O4.C19H20N2O3S/c1-2-13-7-9-20-15(11-13)8-10-24-16-5-3-14(4-6-16)12-17-18(22)21-19(23)25-17;1-2-14-4-3-5-15(20-14)10-11-24-16-8-6-13(7-9-16)12-17-18(22)21-19(23)25-17;1-2-13-3-6-15(20-12-13)9-10-24-16-7-4-14(5-8-16)11-17-18(22)21-19(23)25-17/h3-7,9,11,17H,2,8,10,12H2,1H3,(H,21,22,23);3-9,17H,2,10-12H2,1H3,(H,21,22,23);3-8,12,17H,2,9-11H2,1H3,(H,21,22,23). The van der Waals surface area contributed by atoms with E-state index in [1.54, 1.807) is 0 Å². The highest BCUT2D eigenvalue weighted by molar-refractivity contribution is 8.15. The number of rotatable bonds is 21. The quantitative estimate of drug-likeness (QED) is 0.0620. The molecule has 6 heterocycles. The molecule has 0 saturated carbocycles. The zero-order valence-corrected chi connectivity index (χ0v) is 42.9. The molecule has 3 aromatic heterocycles. The van der Waals surface area contributed by atoms with Crippen molar-refractivity contribution in [2.75, 3.05) is 19.8 Å². The van der Waals surface area contributed by atoms with Gasteiger partial charge < -0.3 is 23.7 Å². The summed E-state index contributed by atoms with van der Waals surface area (Å²) in [5, 5.41) is 5.94. The second-order valence-corrected chi connectivity index (χ2v) is 18.7. The third-order valence-electron chi connectivity index (χ3n) is 12.0. The molecular weight excluding hydrogens is 977 g/mol. The molecule has 9 rings (SSSR count). The lowest BCUT2D eigenvalue weighted by molar-refractivity contribution is -0.124. The summed E-state index contributed by atoms with van der Waals surface area (Å²) < 4.78 is 27.0. The number of alkyl carbamates (subject to hydrolysis) is 2. The van der Waals surface area contributed by atoms with Crippen LogP contribution in [0.15, 0.2) is 128 Å². The van der Waals surface area contributed by atoms with Gasteiger partial charge in [0.25, 0.3) is 17.1 Å². The molecular formula is C57H60N6O11S. The Kier molecular flexibility index (Phi) is 20.3. The molecule has 6 amide bonds. The summed E-state index contributed by atoms with van der Waals surface area (Å²) in [7, 11) is 0. The second-order valence-electron chi connectivity index (χ2n) is 17.5. The van der Waals surface area contributed by atoms with Crippen LogP contribution in [0.5, 0.6) is 17.2 Å². The van der Waals surface area contributed by atoms with E-state index < -0.39 is 36.2 Å². The molecule has 3 aliphatic rings. The van der Waals surface area contributed by atoms with Gasteiger partial charge in [-0.25, -0.2) is 9.59 Å². The lowest BCUT2D eigenvalue weighted by Crippen LogP contribution is -2.25. The van der Waals surface area contributed by atoms with Crippen molar-refractivity contribution >= 4 is 46.9 Å². The van der Waals surface area contributed by atoms with E-state index in [1.165, 1.54) is 11.1 Å². The van der Waals surface area contributed by atoms with Crippen LogP contribution in [0.4, 0.5) is 14.4 Å². The minimum absolute atomic E-state index is 0.211. The molecule has 390 valence electrons. The van der Waals surface area contributed by atoms with E-state index in [9.17, 15) is 28.8 Å². The monoisotopic (exact) mass is 1040 g/mol. The molecule has 3 fully saturated rings. The number of hydrogen-bond acceptors (Lipinski definition) is 15. The minimum atomic E-state index is -0.754. The fourth-order valence-electron chi connectivity index (χ4n) is 7.77. The SMILES string of the molecule is CCc1ccc(CCOc2ccc(CC3SC(=O)NC3=O)cc2)nc1.CCc1cccc(CCOc2ccc(CC3OC(=O)NC3=O)cc2)n1.CCc1ccnc(CCOc2ccc(CC3OC(=O)NC3=O)cc2)c1. The Morgan fingerprint density at radius 3 is 1.43 bits per heavy atom. The normalized spacial score (nSPS) is 16.5. The van der Waals surface area contributed by atoms with Crippen molar-refractivity contribution in [1.29, 1.82) is 0 Å². The average molecular weight is 1040 g/mol. The fraction of sp³-hybridized carbons (Fsp3) is 0.316. The maximum Gasteiger partial charge on any atom is 0.414 e. The van der Waals surface area contributed by atoms with Crippen LogP contribution in [0.2, 0.25) is 0 Å². The van der Waals surface area contributed by atoms with Gasteiger partial charge in [-0.05, 0) is 120 Å². The molecule has 0 spiro atoms. The van der Waals surface area contributed by atoms with E-state index in [1.807, 2.05) is 116 Å². The highest BCUT2D eigenvalue weighted by Gasteiger charge is 2.33. The van der Waals surface area contributed by atoms with Crippen LogP contribution >= 0.6 is 11.8 Å². The Morgan fingerprint density at radius 2 is 0.973 bits per heavy atom. The topological polar surface area (TPSA) is 223 Å². The number of aryl methyl sites for hydroxylation is 3. The molecule has 3 saturated heterocycles. The zero-order chi connectivity index (χ0) is 52.9. The Hall–Kier alpha value is -8.12. The second kappa shape index (κ2) is 27.8. The molecule has 17 nitrogen and oxygen atoms in total. The van der Waals surface area contributed by atoms with E-state index in [0.29, 0.717) is 39.1 Å².